The average Bonchev–Trinajstić information content (AvgIpc) is 2.42. The van der Waals surface area contributed by atoms with Crippen LogP contribution >= 0.6 is 11.8 Å². The summed E-state index contributed by atoms with van der Waals surface area (Å²) in [4.78, 5) is 21.9. The van der Waals surface area contributed by atoms with E-state index in [9.17, 15) is 4.79 Å². The summed E-state index contributed by atoms with van der Waals surface area (Å²) in [6, 6.07) is 1.98. The molecule has 4 heteroatoms. The number of thioether (sulfide) groups is 1. The van der Waals surface area contributed by atoms with Gasteiger partial charge in [-0.05, 0) is 76.2 Å². The van der Waals surface area contributed by atoms with Crippen molar-refractivity contribution in [2.24, 2.45) is 23.2 Å². The van der Waals surface area contributed by atoms with Gasteiger partial charge in [0.1, 0.15) is 5.78 Å². The van der Waals surface area contributed by atoms with E-state index in [1.54, 1.807) is 0 Å². The predicted octanol–water partition coefficient (Wildman–Crippen LogP) is 3.97. The molecule has 0 spiro atoms. The van der Waals surface area contributed by atoms with Crippen molar-refractivity contribution in [3.8, 4) is 0 Å². The second-order valence-corrected chi connectivity index (χ2v) is 8.79. The van der Waals surface area contributed by atoms with Crippen molar-refractivity contribution < 1.29 is 4.79 Å². The van der Waals surface area contributed by atoms with Crippen LogP contribution in [-0.4, -0.2) is 21.5 Å². The van der Waals surface area contributed by atoms with E-state index >= 15 is 0 Å². The molecule has 22 heavy (non-hydrogen) atoms. The molecule has 4 fully saturated rings. The molecule has 0 aromatic carbocycles. The van der Waals surface area contributed by atoms with E-state index in [1.807, 2.05) is 19.9 Å². The van der Waals surface area contributed by atoms with Gasteiger partial charge in [0, 0.05) is 16.8 Å². The molecule has 4 aliphatic rings. The minimum absolute atomic E-state index is 0.0145. The molecule has 0 aliphatic heterocycles. The summed E-state index contributed by atoms with van der Waals surface area (Å²) in [6.45, 7) is 3.97. The Morgan fingerprint density at radius 1 is 1.09 bits per heavy atom. The predicted molar refractivity (Wildman–Crippen MR) is 87.8 cm³/mol. The lowest BCUT2D eigenvalue weighted by Gasteiger charge is -2.56. The Morgan fingerprint density at radius 2 is 1.59 bits per heavy atom. The highest BCUT2D eigenvalue weighted by molar-refractivity contribution is 7.99. The number of ketones is 1. The lowest BCUT2D eigenvalue weighted by Crippen LogP contribution is -2.50. The highest BCUT2D eigenvalue weighted by atomic mass is 32.2. The molecular weight excluding hydrogens is 292 g/mol. The van der Waals surface area contributed by atoms with Crippen molar-refractivity contribution in [3.05, 3.63) is 17.5 Å². The van der Waals surface area contributed by atoms with Crippen LogP contribution in [0.4, 0.5) is 0 Å². The number of hydrogen-bond acceptors (Lipinski definition) is 4. The Hall–Kier alpha value is -0.900. The van der Waals surface area contributed by atoms with E-state index in [0.717, 1.165) is 53.6 Å². The smallest absolute Gasteiger partial charge is 0.188 e. The maximum atomic E-state index is 13.0. The first-order valence-electron chi connectivity index (χ1n) is 8.51. The first kappa shape index (κ1) is 14.7. The minimum Gasteiger partial charge on any atom is -0.298 e. The molecule has 118 valence electrons. The van der Waals surface area contributed by atoms with E-state index in [2.05, 4.69) is 9.97 Å². The first-order chi connectivity index (χ1) is 10.5. The summed E-state index contributed by atoms with van der Waals surface area (Å²) < 4.78 is 0. The lowest BCUT2D eigenvalue weighted by molar-refractivity contribution is -0.141. The number of carbonyl (C=O) groups is 1. The van der Waals surface area contributed by atoms with E-state index in [4.69, 9.17) is 0 Å². The van der Waals surface area contributed by atoms with Gasteiger partial charge in [0.25, 0.3) is 0 Å². The van der Waals surface area contributed by atoms with Crippen LogP contribution in [-0.2, 0) is 4.79 Å². The van der Waals surface area contributed by atoms with Crippen LogP contribution in [0.5, 0.6) is 0 Å². The van der Waals surface area contributed by atoms with Gasteiger partial charge in [0.2, 0.25) is 0 Å². The topological polar surface area (TPSA) is 42.9 Å². The van der Waals surface area contributed by atoms with Gasteiger partial charge in [-0.3, -0.25) is 4.79 Å². The monoisotopic (exact) mass is 316 g/mol. The number of hydrogen-bond donors (Lipinski definition) is 0. The zero-order valence-corrected chi connectivity index (χ0v) is 14.3. The van der Waals surface area contributed by atoms with Crippen molar-refractivity contribution in [1.29, 1.82) is 0 Å². The first-order valence-corrected chi connectivity index (χ1v) is 9.49. The van der Waals surface area contributed by atoms with E-state index in [1.165, 1.54) is 31.0 Å². The molecular formula is C18H24N2OS. The molecule has 4 saturated carbocycles. The van der Waals surface area contributed by atoms with Crippen molar-refractivity contribution >= 4 is 17.5 Å². The Labute approximate surface area is 136 Å². The second-order valence-electron chi connectivity index (χ2n) is 7.84. The van der Waals surface area contributed by atoms with Gasteiger partial charge in [-0.15, -0.1) is 0 Å². The molecule has 0 atom stereocenters. The maximum absolute atomic E-state index is 13.0. The second kappa shape index (κ2) is 5.33. The van der Waals surface area contributed by atoms with Crippen LogP contribution in [0.25, 0.3) is 0 Å². The highest BCUT2D eigenvalue weighted by Crippen LogP contribution is 2.60. The van der Waals surface area contributed by atoms with Crippen LogP contribution in [0.2, 0.25) is 0 Å². The molecule has 0 unspecified atom stereocenters. The van der Waals surface area contributed by atoms with Gasteiger partial charge in [-0.2, -0.15) is 0 Å². The van der Waals surface area contributed by atoms with E-state index in [-0.39, 0.29) is 5.41 Å². The van der Waals surface area contributed by atoms with Crippen LogP contribution < -0.4 is 0 Å². The fourth-order valence-corrected chi connectivity index (χ4v) is 6.48. The van der Waals surface area contributed by atoms with Crippen LogP contribution in [0.3, 0.4) is 0 Å². The van der Waals surface area contributed by atoms with Gasteiger partial charge in [0.15, 0.2) is 5.16 Å². The lowest BCUT2D eigenvalue weighted by atomic mass is 9.48. The molecule has 0 radical (unpaired) electrons. The molecule has 4 aliphatic carbocycles. The van der Waals surface area contributed by atoms with Gasteiger partial charge in [-0.1, -0.05) is 11.8 Å². The number of nitrogens with zero attached hydrogens (tertiary/aromatic N) is 2. The number of aryl methyl sites for hydroxylation is 2. The zero-order valence-electron chi connectivity index (χ0n) is 13.5. The van der Waals surface area contributed by atoms with Crippen LogP contribution in [0, 0.1) is 37.0 Å². The maximum Gasteiger partial charge on any atom is 0.188 e. The molecule has 1 heterocycles. The average molecular weight is 316 g/mol. The summed E-state index contributed by atoms with van der Waals surface area (Å²) in [7, 11) is 0. The molecule has 0 N–H and O–H groups in total. The van der Waals surface area contributed by atoms with Crippen molar-refractivity contribution in [3.63, 3.8) is 0 Å². The largest absolute Gasteiger partial charge is 0.298 e. The van der Waals surface area contributed by atoms with Gasteiger partial charge in [-0.25, -0.2) is 9.97 Å². The van der Waals surface area contributed by atoms with Gasteiger partial charge < -0.3 is 0 Å². The Kier molecular flexibility index (Phi) is 3.55. The number of carbonyl (C=O) groups excluding carboxylic acids is 1. The summed E-state index contributed by atoms with van der Waals surface area (Å²) in [5.41, 5.74) is 1.98. The van der Waals surface area contributed by atoms with E-state index < -0.39 is 0 Å². The van der Waals surface area contributed by atoms with Gasteiger partial charge in [0.05, 0.1) is 5.75 Å². The standard InChI is InChI=1S/C18H24N2OS/c1-11-3-12(2)20-17(19-11)22-10-16(21)18-7-13-4-14(8-18)6-15(5-13)9-18/h3,13-15H,4-10H2,1-2H3. The van der Waals surface area contributed by atoms with E-state index in [0.29, 0.717) is 11.5 Å². The normalized spacial score (nSPS) is 35.8. The Morgan fingerprint density at radius 3 is 2.09 bits per heavy atom. The number of aromatic nitrogens is 2. The van der Waals surface area contributed by atoms with Crippen molar-refractivity contribution in [2.75, 3.05) is 5.75 Å². The SMILES string of the molecule is Cc1cc(C)nc(SCC(=O)C23CC4CC(CC(C4)C2)C3)n1. The summed E-state index contributed by atoms with van der Waals surface area (Å²) in [5.74, 6) is 3.52. The van der Waals surface area contributed by atoms with Crippen molar-refractivity contribution in [2.45, 2.75) is 57.5 Å². The third-order valence-corrected chi connectivity index (χ3v) is 6.77. The molecule has 3 nitrogen and oxygen atoms in total. The Balaban J connectivity index is 1.46. The number of Topliss-reactive ketones (excluding diaryl/α,β-unsaturated/α-hetero) is 1. The zero-order chi connectivity index (χ0) is 15.3. The molecule has 1 aromatic rings. The van der Waals surface area contributed by atoms with Crippen molar-refractivity contribution in [1.82, 2.24) is 9.97 Å². The summed E-state index contributed by atoms with van der Waals surface area (Å²) >= 11 is 1.53. The molecule has 4 bridgehead atoms. The molecule has 0 saturated heterocycles. The molecule has 1 aromatic heterocycles. The number of rotatable bonds is 4. The van der Waals surface area contributed by atoms with Crippen LogP contribution in [0.1, 0.15) is 49.9 Å². The Bertz CT molecular complexity index is 558. The molecule has 0 amide bonds. The minimum atomic E-state index is 0.0145. The quantitative estimate of drug-likeness (QED) is 0.622. The third-order valence-electron chi connectivity index (χ3n) is 5.92. The fraction of sp³-hybridized carbons (Fsp3) is 0.722. The fourth-order valence-electron chi connectivity index (χ4n) is 5.49. The molecule has 5 rings (SSSR count). The summed E-state index contributed by atoms with van der Waals surface area (Å²) in [6.07, 6.45) is 7.64. The van der Waals surface area contributed by atoms with Gasteiger partial charge >= 0.3 is 0 Å². The highest BCUT2D eigenvalue weighted by Gasteiger charge is 2.54. The van der Waals surface area contributed by atoms with Crippen LogP contribution in [0.15, 0.2) is 11.2 Å². The summed E-state index contributed by atoms with van der Waals surface area (Å²) in [5, 5.41) is 0.760. The third kappa shape index (κ3) is 2.60.